The molecule has 2 rings (SSSR count). The molecule has 0 N–H and O–H groups in total. The van der Waals surface area contributed by atoms with Crippen LogP contribution in [0.1, 0.15) is 55.1 Å². The fourth-order valence-corrected chi connectivity index (χ4v) is 2.75. The van der Waals surface area contributed by atoms with Gasteiger partial charge in [0.1, 0.15) is 5.78 Å². The Morgan fingerprint density at radius 3 is 2.75 bits per heavy atom. The minimum absolute atomic E-state index is 0.00523. The van der Waals surface area contributed by atoms with Crippen molar-refractivity contribution in [3.8, 4) is 0 Å². The van der Waals surface area contributed by atoms with Gasteiger partial charge < -0.3 is 4.90 Å². The fraction of sp³-hybridized carbons (Fsp3) is 0.562. The van der Waals surface area contributed by atoms with Gasteiger partial charge >= 0.3 is 0 Å². The number of likely N-dealkylation sites (tertiary alicyclic amines) is 1. The van der Waals surface area contributed by atoms with E-state index in [0.717, 1.165) is 37.9 Å². The van der Waals surface area contributed by atoms with Gasteiger partial charge in [0.05, 0.1) is 5.56 Å². The summed E-state index contributed by atoms with van der Waals surface area (Å²) in [5.74, 6) is 0.155. The average molecular weight is 274 g/mol. The molecule has 1 aromatic rings. The van der Waals surface area contributed by atoms with Crippen molar-refractivity contribution in [2.24, 2.45) is 0 Å². The zero-order valence-electron chi connectivity index (χ0n) is 12.3. The highest BCUT2D eigenvalue weighted by Crippen LogP contribution is 2.21. The van der Waals surface area contributed by atoms with Gasteiger partial charge in [0.15, 0.2) is 0 Å². The number of rotatable bonds is 3. The number of carbonyl (C=O) groups is 2. The topological polar surface area (TPSA) is 50.3 Å². The lowest BCUT2D eigenvalue weighted by Crippen LogP contribution is -2.41. The molecule has 1 atom stereocenters. The molecule has 0 bridgehead atoms. The molecule has 1 saturated heterocycles. The van der Waals surface area contributed by atoms with Crippen molar-refractivity contribution in [1.29, 1.82) is 0 Å². The molecule has 0 radical (unpaired) electrons. The molecule has 0 aliphatic carbocycles. The quantitative estimate of drug-likeness (QED) is 0.851. The van der Waals surface area contributed by atoms with Crippen LogP contribution >= 0.6 is 0 Å². The molecule has 1 aromatic heterocycles. The number of nitrogens with zero attached hydrogens (tertiary/aromatic N) is 2. The van der Waals surface area contributed by atoms with E-state index >= 15 is 0 Å². The van der Waals surface area contributed by atoms with E-state index in [4.69, 9.17) is 0 Å². The third-order valence-corrected chi connectivity index (χ3v) is 3.82. The van der Waals surface area contributed by atoms with E-state index in [9.17, 15) is 9.59 Å². The highest BCUT2D eigenvalue weighted by molar-refractivity contribution is 5.94. The minimum Gasteiger partial charge on any atom is -0.335 e. The van der Waals surface area contributed by atoms with E-state index in [1.807, 2.05) is 24.0 Å². The van der Waals surface area contributed by atoms with Gasteiger partial charge in [-0.3, -0.25) is 14.6 Å². The molecule has 108 valence electrons. The van der Waals surface area contributed by atoms with Gasteiger partial charge in [-0.05, 0) is 38.8 Å². The van der Waals surface area contributed by atoms with Crippen LogP contribution in [0.5, 0.6) is 0 Å². The molecule has 0 aromatic carbocycles. The molecular weight excluding hydrogens is 252 g/mol. The summed E-state index contributed by atoms with van der Waals surface area (Å²) in [6, 6.07) is 3.72. The Balaban J connectivity index is 2.18. The van der Waals surface area contributed by atoms with E-state index in [2.05, 4.69) is 4.98 Å². The minimum atomic E-state index is 0.00523. The normalized spacial score (nSPS) is 19.5. The van der Waals surface area contributed by atoms with E-state index in [1.165, 1.54) is 0 Å². The summed E-state index contributed by atoms with van der Waals surface area (Å²) in [6.45, 7) is 4.24. The van der Waals surface area contributed by atoms with Crippen molar-refractivity contribution < 1.29 is 9.59 Å². The molecule has 1 amide bonds. The maximum Gasteiger partial charge on any atom is 0.255 e. The molecule has 4 heteroatoms. The van der Waals surface area contributed by atoms with E-state index in [-0.39, 0.29) is 17.7 Å². The number of Topliss-reactive ketones (excluding diaryl/α,β-unsaturated/α-hetero) is 1. The smallest absolute Gasteiger partial charge is 0.255 e. The van der Waals surface area contributed by atoms with Crippen LogP contribution in [0.3, 0.4) is 0 Å². The van der Waals surface area contributed by atoms with Crippen LogP contribution in [-0.4, -0.2) is 34.2 Å². The van der Waals surface area contributed by atoms with Gasteiger partial charge in [-0.2, -0.15) is 0 Å². The lowest BCUT2D eigenvalue weighted by Gasteiger charge is -2.29. The summed E-state index contributed by atoms with van der Waals surface area (Å²) in [4.78, 5) is 30.1. The number of aromatic nitrogens is 1. The second-order valence-electron chi connectivity index (χ2n) is 5.60. The van der Waals surface area contributed by atoms with Crippen molar-refractivity contribution in [3.63, 3.8) is 0 Å². The Morgan fingerprint density at radius 1 is 1.30 bits per heavy atom. The van der Waals surface area contributed by atoms with Crippen LogP contribution in [0, 0.1) is 6.92 Å². The Bertz CT molecular complexity index is 482. The highest BCUT2D eigenvalue weighted by atomic mass is 16.2. The van der Waals surface area contributed by atoms with Crippen LogP contribution in [0.25, 0.3) is 0 Å². The Kier molecular flexibility index (Phi) is 4.88. The summed E-state index contributed by atoms with van der Waals surface area (Å²) in [5.41, 5.74) is 1.52. The van der Waals surface area contributed by atoms with Gasteiger partial charge in [0.25, 0.3) is 5.91 Å². The summed E-state index contributed by atoms with van der Waals surface area (Å²) >= 11 is 0. The lowest BCUT2D eigenvalue weighted by molar-refractivity contribution is -0.118. The third kappa shape index (κ3) is 3.65. The monoisotopic (exact) mass is 274 g/mol. The van der Waals surface area contributed by atoms with Crippen LogP contribution in [0.2, 0.25) is 0 Å². The third-order valence-electron chi connectivity index (χ3n) is 3.82. The van der Waals surface area contributed by atoms with Gasteiger partial charge in [0, 0.05) is 30.9 Å². The molecule has 1 unspecified atom stereocenters. The average Bonchev–Trinajstić information content (AvgIpc) is 2.63. The summed E-state index contributed by atoms with van der Waals surface area (Å²) in [7, 11) is 0. The fourth-order valence-electron chi connectivity index (χ4n) is 2.75. The number of pyridine rings is 1. The number of hydrogen-bond donors (Lipinski definition) is 0. The van der Waals surface area contributed by atoms with Gasteiger partial charge in [-0.1, -0.05) is 12.8 Å². The highest BCUT2D eigenvalue weighted by Gasteiger charge is 2.27. The van der Waals surface area contributed by atoms with Gasteiger partial charge in [-0.25, -0.2) is 0 Å². The standard InChI is InChI=1S/C16H22N2O2/c1-12-7-8-14(11-17-12)16(20)18-9-5-3-4-6-15(18)10-13(2)19/h7-8,11,15H,3-6,9-10H2,1-2H3. The molecule has 1 aliphatic heterocycles. The van der Waals surface area contributed by atoms with Crippen LogP contribution < -0.4 is 0 Å². The first-order valence-electron chi connectivity index (χ1n) is 7.31. The maximum absolute atomic E-state index is 12.6. The summed E-state index contributed by atoms with van der Waals surface area (Å²) in [5, 5.41) is 0. The molecule has 20 heavy (non-hydrogen) atoms. The largest absolute Gasteiger partial charge is 0.335 e. The van der Waals surface area contributed by atoms with Crippen molar-refractivity contribution in [3.05, 3.63) is 29.6 Å². The van der Waals surface area contributed by atoms with E-state index in [1.54, 1.807) is 13.1 Å². The summed E-state index contributed by atoms with van der Waals surface area (Å²) in [6.07, 6.45) is 6.25. The number of ketones is 1. The SMILES string of the molecule is CC(=O)CC1CCCCCN1C(=O)c1ccc(C)nc1. The molecule has 4 nitrogen and oxygen atoms in total. The molecule has 2 heterocycles. The Hall–Kier alpha value is -1.71. The second-order valence-corrected chi connectivity index (χ2v) is 5.60. The van der Waals surface area contributed by atoms with Crippen molar-refractivity contribution in [2.45, 2.75) is 52.0 Å². The number of amides is 1. The van der Waals surface area contributed by atoms with Crippen LogP contribution in [0.4, 0.5) is 0 Å². The van der Waals surface area contributed by atoms with Gasteiger partial charge in [0.2, 0.25) is 0 Å². The molecule has 0 spiro atoms. The van der Waals surface area contributed by atoms with Crippen molar-refractivity contribution >= 4 is 11.7 Å². The summed E-state index contributed by atoms with van der Waals surface area (Å²) < 4.78 is 0. The number of carbonyl (C=O) groups excluding carboxylic acids is 2. The molecular formula is C16H22N2O2. The maximum atomic E-state index is 12.6. The van der Waals surface area contributed by atoms with Gasteiger partial charge in [-0.15, -0.1) is 0 Å². The first-order chi connectivity index (χ1) is 9.58. The number of aryl methyl sites for hydroxylation is 1. The zero-order chi connectivity index (χ0) is 14.5. The van der Waals surface area contributed by atoms with Crippen molar-refractivity contribution in [1.82, 2.24) is 9.88 Å². The predicted octanol–water partition coefficient (Wildman–Crippen LogP) is 2.75. The Labute approximate surface area is 120 Å². The number of hydrogen-bond acceptors (Lipinski definition) is 3. The lowest BCUT2D eigenvalue weighted by atomic mass is 10.0. The van der Waals surface area contributed by atoms with Crippen LogP contribution in [-0.2, 0) is 4.79 Å². The first-order valence-corrected chi connectivity index (χ1v) is 7.31. The van der Waals surface area contributed by atoms with E-state index in [0.29, 0.717) is 12.0 Å². The Morgan fingerprint density at radius 2 is 2.10 bits per heavy atom. The van der Waals surface area contributed by atoms with Crippen LogP contribution in [0.15, 0.2) is 18.3 Å². The second kappa shape index (κ2) is 6.64. The molecule has 1 fully saturated rings. The first kappa shape index (κ1) is 14.7. The zero-order valence-corrected chi connectivity index (χ0v) is 12.3. The molecule has 1 aliphatic rings. The molecule has 0 saturated carbocycles. The predicted molar refractivity (Wildman–Crippen MR) is 77.6 cm³/mol. The van der Waals surface area contributed by atoms with Crippen molar-refractivity contribution in [2.75, 3.05) is 6.54 Å². The van der Waals surface area contributed by atoms with E-state index < -0.39 is 0 Å².